The lowest BCUT2D eigenvalue weighted by Gasteiger charge is -2.27. The summed E-state index contributed by atoms with van der Waals surface area (Å²) in [6.45, 7) is 2.30. The van der Waals surface area contributed by atoms with E-state index in [0.717, 1.165) is 12.8 Å². The van der Waals surface area contributed by atoms with E-state index in [0.29, 0.717) is 11.8 Å². The van der Waals surface area contributed by atoms with E-state index in [1.54, 1.807) is 0 Å². The van der Waals surface area contributed by atoms with Crippen LogP contribution in [-0.4, -0.2) is 0 Å². The van der Waals surface area contributed by atoms with Crippen LogP contribution < -0.4 is 0 Å². The van der Waals surface area contributed by atoms with E-state index in [4.69, 9.17) is 0 Å². The number of rotatable bonds is 6. The highest BCUT2D eigenvalue weighted by Gasteiger charge is 2.23. The van der Waals surface area contributed by atoms with Gasteiger partial charge in [0.05, 0.1) is 0 Å². The predicted octanol–water partition coefficient (Wildman–Crippen LogP) is 6.21. The molecule has 0 amide bonds. The number of hydrogen-bond donors (Lipinski definition) is 0. The zero-order valence-corrected chi connectivity index (χ0v) is 13.7. The third-order valence-electron chi connectivity index (χ3n) is 4.68. The summed E-state index contributed by atoms with van der Waals surface area (Å²) >= 11 is 0. The van der Waals surface area contributed by atoms with Gasteiger partial charge in [0.15, 0.2) is 0 Å². The molecule has 0 radical (unpaired) electrons. The molecule has 0 bridgehead atoms. The first kappa shape index (κ1) is 15.6. The minimum Gasteiger partial charge on any atom is -0.0648 e. The van der Waals surface area contributed by atoms with E-state index >= 15 is 0 Å². The molecule has 2 atom stereocenters. The third-order valence-corrected chi connectivity index (χ3v) is 4.68. The van der Waals surface area contributed by atoms with Gasteiger partial charge in [-0.15, -0.1) is 0 Å². The maximum atomic E-state index is 2.30. The second-order valence-corrected chi connectivity index (χ2v) is 6.13. The van der Waals surface area contributed by atoms with E-state index < -0.39 is 0 Å². The lowest BCUT2D eigenvalue weighted by atomic mass is 9.76. The Labute approximate surface area is 139 Å². The van der Waals surface area contributed by atoms with Gasteiger partial charge in [-0.3, -0.25) is 0 Å². The Balaban J connectivity index is 1.97. The summed E-state index contributed by atoms with van der Waals surface area (Å²) in [7, 11) is 0. The molecule has 3 rings (SSSR count). The average Bonchev–Trinajstić information content (AvgIpc) is 2.64. The van der Waals surface area contributed by atoms with Gasteiger partial charge < -0.3 is 0 Å². The maximum Gasteiger partial charge on any atom is -0.00527 e. The van der Waals surface area contributed by atoms with Crippen molar-refractivity contribution in [1.82, 2.24) is 0 Å². The molecule has 3 aromatic rings. The fraction of sp³-hybridized carbons (Fsp3) is 0.217. The van der Waals surface area contributed by atoms with E-state index in [1.165, 1.54) is 16.7 Å². The van der Waals surface area contributed by atoms with Gasteiger partial charge in [0.2, 0.25) is 0 Å². The molecule has 3 aromatic carbocycles. The molecule has 2 unspecified atom stereocenters. The minimum atomic E-state index is 0.506. The van der Waals surface area contributed by atoms with Crippen LogP contribution in [-0.2, 0) is 6.42 Å². The van der Waals surface area contributed by atoms with Gasteiger partial charge >= 0.3 is 0 Å². The van der Waals surface area contributed by atoms with Crippen molar-refractivity contribution in [2.75, 3.05) is 0 Å². The second kappa shape index (κ2) is 7.78. The molecule has 0 saturated heterocycles. The van der Waals surface area contributed by atoms with Crippen molar-refractivity contribution in [3.05, 3.63) is 108 Å². The monoisotopic (exact) mass is 300 g/mol. The van der Waals surface area contributed by atoms with Crippen LogP contribution >= 0.6 is 0 Å². The lowest BCUT2D eigenvalue weighted by molar-refractivity contribution is 0.520. The molecule has 0 spiro atoms. The zero-order chi connectivity index (χ0) is 15.9. The summed E-state index contributed by atoms with van der Waals surface area (Å²) in [6, 6.07) is 32.8. The van der Waals surface area contributed by atoms with Gasteiger partial charge in [-0.05, 0) is 41.4 Å². The first-order valence-corrected chi connectivity index (χ1v) is 8.52. The largest absolute Gasteiger partial charge is 0.0648 e. The molecular weight excluding hydrogens is 276 g/mol. The second-order valence-electron chi connectivity index (χ2n) is 6.13. The van der Waals surface area contributed by atoms with Gasteiger partial charge in [0, 0.05) is 0 Å². The zero-order valence-electron chi connectivity index (χ0n) is 13.7. The highest BCUT2D eigenvalue weighted by Crippen LogP contribution is 2.37. The number of benzene rings is 3. The van der Waals surface area contributed by atoms with Crippen molar-refractivity contribution in [2.45, 2.75) is 31.6 Å². The lowest BCUT2D eigenvalue weighted by Crippen LogP contribution is -2.13. The van der Waals surface area contributed by atoms with Crippen LogP contribution in [0.1, 0.15) is 41.9 Å². The molecule has 0 saturated carbocycles. The van der Waals surface area contributed by atoms with Crippen molar-refractivity contribution >= 4 is 0 Å². The molecule has 0 heterocycles. The summed E-state index contributed by atoms with van der Waals surface area (Å²) in [4.78, 5) is 0. The van der Waals surface area contributed by atoms with Gasteiger partial charge in [-0.2, -0.15) is 0 Å². The van der Waals surface area contributed by atoms with E-state index in [1.807, 2.05) is 0 Å². The third kappa shape index (κ3) is 3.90. The van der Waals surface area contributed by atoms with Crippen LogP contribution in [0, 0.1) is 0 Å². The molecule has 0 heteroatoms. The quantitative estimate of drug-likeness (QED) is 0.508. The average molecular weight is 300 g/mol. The summed E-state index contributed by atoms with van der Waals surface area (Å²) in [6.07, 6.45) is 2.23. The number of hydrogen-bond acceptors (Lipinski definition) is 0. The van der Waals surface area contributed by atoms with Crippen LogP contribution in [0.3, 0.4) is 0 Å². The first-order valence-electron chi connectivity index (χ1n) is 8.52. The van der Waals surface area contributed by atoms with Crippen molar-refractivity contribution < 1.29 is 0 Å². The highest BCUT2D eigenvalue weighted by atomic mass is 14.3. The van der Waals surface area contributed by atoms with Crippen molar-refractivity contribution in [1.29, 1.82) is 0 Å². The molecule has 0 aromatic heterocycles. The SMILES string of the molecule is CCC(c1ccccc1)C(Cc1ccccc1)c1ccccc1. The van der Waals surface area contributed by atoms with Gasteiger partial charge in [0.25, 0.3) is 0 Å². The van der Waals surface area contributed by atoms with E-state index in [-0.39, 0.29) is 0 Å². The van der Waals surface area contributed by atoms with Crippen LogP contribution in [0.25, 0.3) is 0 Å². The Kier molecular flexibility index (Phi) is 5.26. The summed E-state index contributed by atoms with van der Waals surface area (Å²) < 4.78 is 0. The maximum absolute atomic E-state index is 2.30. The summed E-state index contributed by atoms with van der Waals surface area (Å²) in [5, 5.41) is 0. The molecule has 0 nitrogen and oxygen atoms in total. The molecule has 0 fully saturated rings. The molecule has 0 N–H and O–H groups in total. The molecule has 0 aliphatic heterocycles. The van der Waals surface area contributed by atoms with Crippen molar-refractivity contribution in [3.8, 4) is 0 Å². The minimum absolute atomic E-state index is 0.506. The smallest absolute Gasteiger partial charge is 0.00527 e. The molecular formula is C23H24. The van der Waals surface area contributed by atoms with E-state index in [2.05, 4.69) is 97.9 Å². The van der Waals surface area contributed by atoms with Crippen molar-refractivity contribution in [2.24, 2.45) is 0 Å². The molecule has 0 aliphatic rings. The first-order chi connectivity index (χ1) is 11.4. The topological polar surface area (TPSA) is 0 Å². The predicted molar refractivity (Wildman–Crippen MR) is 98.8 cm³/mol. The van der Waals surface area contributed by atoms with Crippen molar-refractivity contribution in [3.63, 3.8) is 0 Å². The normalized spacial score (nSPS) is 13.4. The summed E-state index contributed by atoms with van der Waals surface area (Å²) in [5.41, 5.74) is 4.29. The Bertz CT molecular complexity index is 686. The van der Waals surface area contributed by atoms with Gasteiger partial charge in [-0.1, -0.05) is 97.9 Å². The molecule has 116 valence electrons. The molecule has 23 heavy (non-hydrogen) atoms. The Hall–Kier alpha value is -2.34. The Morgan fingerprint density at radius 2 is 1.00 bits per heavy atom. The van der Waals surface area contributed by atoms with Crippen LogP contribution in [0.15, 0.2) is 91.0 Å². The van der Waals surface area contributed by atoms with Gasteiger partial charge in [0.1, 0.15) is 0 Å². The van der Waals surface area contributed by atoms with Crippen LogP contribution in [0.5, 0.6) is 0 Å². The van der Waals surface area contributed by atoms with E-state index in [9.17, 15) is 0 Å². The van der Waals surface area contributed by atoms with Crippen LogP contribution in [0.4, 0.5) is 0 Å². The highest BCUT2D eigenvalue weighted by molar-refractivity contribution is 5.31. The fourth-order valence-electron chi connectivity index (χ4n) is 3.51. The standard InChI is InChI=1S/C23H24/c1-2-22(20-14-8-4-9-15-20)23(21-16-10-5-11-17-21)18-19-12-6-3-7-13-19/h3-17,22-23H,2,18H2,1H3. The van der Waals surface area contributed by atoms with Gasteiger partial charge in [-0.25, -0.2) is 0 Å². The fourth-order valence-corrected chi connectivity index (χ4v) is 3.51. The molecule has 0 aliphatic carbocycles. The Morgan fingerprint density at radius 3 is 1.48 bits per heavy atom. The summed E-state index contributed by atoms with van der Waals surface area (Å²) in [5.74, 6) is 1.05. The Morgan fingerprint density at radius 1 is 0.565 bits per heavy atom. The van der Waals surface area contributed by atoms with Crippen LogP contribution in [0.2, 0.25) is 0 Å².